The molecule has 0 bridgehead atoms. The summed E-state index contributed by atoms with van der Waals surface area (Å²) in [7, 11) is 1.66. The van der Waals surface area contributed by atoms with Gasteiger partial charge in [-0.3, -0.25) is 0 Å². The monoisotopic (exact) mass is 510 g/mol. The summed E-state index contributed by atoms with van der Waals surface area (Å²) in [5.41, 5.74) is 2.33. The molecule has 5 heteroatoms. The van der Waals surface area contributed by atoms with E-state index in [1.54, 1.807) is 7.11 Å². The molecule has 0 N–H and O–H groups in total. The van der Waals surface area contributed by atoms with Crippen LogP contribution >= 0.6 is 63.7 Å². The molecule has 0 amide bonds. The Labute approximate surface area is 146 Å². The van der Waals surface area contributed by atoms with E-state index in [1.807, 2.05) is 18.2 Å². The maximum absolute atomic E-state index is 5.25. The van der Waals surface area contributed by atoms with Gasteiger partial charge in [0, 0.05) is 8.95 Å². The standard InChI is InChI=1S/C14H10Br4O/c1-19-13-5-2-8(6-12(13)17)14(18)10-7-9(15)3-4-11(10)16/h2-7,14H,1H3. The Kier molecular flexibility index (Phi) is 5.52. The molecular weight excluding hydrogens is 504 g/mol. The van der Waals surface area contributed by atoms with Crippen molar-refractivity contribution in [2.45, 2.75) is 4.83 Å². The minimum absolute atomic E-state index is 0.113. The number of methoxy groups -OCH3 is 1. The highest BCUT2D eigenvalue weighted by atomic mass is 79.9. The van der Waals surface area contributed by atoms with Crippen LogP contribution in [0, 0.1) is 0 Å². The second kappa shape index (κ2) is 6.74. The highest BCUT2D eigenvalue weighted by Crippen LogP contribution is 2.39. The van der Waals surface area contributed by atoms with Crippen LogP contribution in [0.1, 0.15) is 16.0 Å². The zero-order valence-corrected chi connectivity index (χ0v) is 16.3. The van der Waals surface area contributed by atoms with E-state index in [-0.39, 0.29) is 4.83 Å². The van der Waals surface area contributed by atoms with E-state index < -0.39 is 0 Å². The molecular formula is C14H10Br4O. The molecule has 0 aliphatic rings. The fourth-order valence-electron chi connectivity index (χ4n) is 1.73. The van der Waals surface area contributed by atoms with Crippen LogP contribution in [0.25, 0.3) is 0 Å². The minimum atomic E-state index is 0.113. The Bertz CT molecular complexity index is 598. The maximum atomic E-state index is 5.25. The molecule has 2 aromatic rings. The van der Waals surface area contributed by atoms with Gasteiger partial charge in [0.15, 0.2) is 0 Å². The average Bonchev–Trinajstić information content (AvgIpc) is 2.40. The minimum Gasteiger partial charge on any atom is -0.496 e. The van der Waals surface area contributed by atoms with Crippen molar-refractivity contribution in [2.24, 2.45) is 0 Å². The first-order valence-electron chi connectivity index (χ1n) is 5.45. The predicted octanol–water partition coefficient (Wildman–Crippen LogP) is 6.47. The quantitative estimate of drug-likeness (QED) is 0.428. The molecule has 0 aliphatic carbocycles. The van der Waals surface area contributed by atoms with Crippen LogP contribution in [-0.4, -0.2) is 7.11 Å². The number of alkyl halides is 1. The van der Waals surface area contributed by atoms with Crippen molar-refractivity contribution >= 4 is 63.7 Å². The maximum Gasteiger partial charge on any atom is 0.133 e. The van der Waals surface area contributed by atoms with E-state index in [9.17, 15) is 0 Å². The summed E-state index contributed by atoms with van der Waals surface area (Å²) >= 11 is 14.4. The third kappa shape index (κ3) is 3.63. The van der Waals surface area contributed by atoms with E-state index in [1.165, 1.54) is 5.56 Å². The van der Waals surface area contributed by atoms with Gasteiger partial charge in [-0.05, 0) is 57.4 Å². The zero-order valence-electron chi connectivity index (χ0n) is 9.96. The Hall–Kier alpha value is 0.160. The van der Waals surface area contributed by atoms with Crippen molar-refractivity contribution in [1.29, 1.82) is 0 Å². The summed E-state index contributed by atoms with van der Waals surface area (Å²) in [4.78, 5) is 0.113. The van der Waals surface area contributed by atoms with Crippen molar-refractivity contribution in [3.63, 3.8) is 0 Å². The van der Waals surface area contributed by atoms with Gasteiger partial charge < -0.3 is 4.74 Å². The summed E-state index contributed by atoms with van der Waals surface area (Å²) < 4.78 is 8.33. The van der Waals surface area contributed by atoms with E-state index in [0.29, 0.717) is 0 Å². The molecule has 1 atom stereocenters. The largest absolute Gasteiger partial charge is 0.496 e. The molecule has 1 nitrogen and oxygen atoms in total. The molecule has 0 radical (unpaired) electrons. The van der Waals surface area contributed by atoms with Gasteiger partial charge in [-0.1, -0.05) is 53.9 Å². The second-order valence-electron chi connectivity index (χ2n) is 3.92. The lowest BCUT2D eigenvalue weighted by Gasteiger charge is -2.14. The van der Waals surface area contributed by atoms with Crippen molar-refractivity contribution in [3.05, 3.63) is 60.9 Å². The van der Waals surface area contributed by atoms with Gasteiger partial charge in [0.25, 0.3) is 0 Å². The number of hydrogen-bond donors (Lipinski definition) is 0. The topological polar surface area (TPSA) is 9.23 Å². The van der Waals surface area contributed by atoms with Crippen molar-refractivity contribution in [3.8, 4) is 5.75 Å². The summed E-state index contributed by atoms with van der Waals surface area (Å²) in [5.74, 6) is 0.830. The third-order valence-corrected chi connectivity index (χ3v) is 5.56. The van der Waals surface area contributed by atoms with Crippen molar-refractivity contribution in [2.75, 3.05) is 7.11 Å². The predicted molar refractivity (Wildman–Crippen MR) is 93.3 cm³/mol. The molecule has 0 spiro atoms. The molecule has 19 heavy (non-hydrogen) atoms. The number of halogens is 4. The van der Waals surface area contributed by atoms with Crippen LogP contribution in [0.15, 0.2) is 49.8 Å². The first-order chi connectivity index (χ1) is 9.02. The molecule has 0 aliphatic heterocycles. The number of benzene rings is 2. The number of hydrogen-bond acceptors (Lipinski definition) is 1. The molecule has 2 aromatic carbocycles. The van der Waals surface area contributed by atoms with Gasteiger partial charge in [-0.2, -0.15) is 0 Å². The highest BCUT2D eigenvalue weighted by Gasteiger charge is 2.15. The SMILES string of the molecule is COc1ccc(C(Br)c2cc(Br)ccc2Br)cc1Br. The van der Waals surface area contributed by atoms with Crippen LogP contribution in [0.5, 0.6) is 5.75 Å². The lowest BCUT2D eigenvalue weighted by Crippen LogP contribution is -1.95. The molecule has 0 saturated carbocycles. The van der Waals surface area contributed by atoms with Gasteiger partial charge in [0.2, 0.25) is 0 Å². The highest BCUT2D eigenvalue weighted by molar-refractivity contribution is 9.11. The van der Waals surface area contributed by atoms with Crippen LogP contribution in [0.3, 0.4) is 0 Å². The summed E-state index contributed by atoms with van der Waals surface area (Å²) in [5, 5.41) is 0. The Morgan fingerprint density at radius 2 is 1.68 bits per heavy atom. The molecule has 0 heterocycles. The van der Waals surface area contributed by atoms with Gasteiger partial charge in [-0.25, -0.2) is 0 Å². The van der Waals surface area contributed by atoms with Crippen molar-refractivity contribution in [1.82, 2.24) is 0 Å². The van der Waals surface area contributed by atoms with E-state index in [2.05, 4.69) is 81.9 Å². The summed E-state index contributed by atoms with van der Waals surface area (Å²) in [6.45, 7) is 0. The fraction of sp³-hybridized carbons (Fsp3) is 0.143. The Morgan fingerprint density at radius 3 is 2.32 bits per heavy atom. The summed E-state index contributed by atoms with van der Waals surface area (Å²) in [6.07, 6.45) is 0. The fourth-order valence-corrected chi connectivity index (χ4v) is 4.11. The lowest BCUT2D eigenvalue weighted by molar-refractivity contribution is 0.412. The van der Waals surface area contributed by atoms with Crippen LogP contribution in [0.2, 0.25) is 0 Å². The van der Waals surface area contributed by atoms with Gasteiger partial charge >= 0.3 is 0 Å². The van der Waals surface area contributed by atoms with Crippen molar-refractivity contribution < 1.29 is 4.74 Å². The normalized spacial score (nSPS) is 12.3. The smallest absolute Gasteiger partial charge is 0.133 e. The van der Waals surface area contributed by atoms with Crippen LogP contribution < -0.4 is 4.74 Å². The first kappa shape index (κ1) is 15.5. The average molecular weight is 514 g/mol. The molecule has 0 saturated heterocycles. The van der Waals surface area contributed by atoms with Gasteiger partial charge in [0.05, 0.1) is 16.4 Å². The lowest BCUT2D eigenvalue weighted by atomic mass is 10.0. The zero-order chi connectivity index (χ0) is 14.0. The first-order valence-corrected chi connectivity index (χ1v) is 8.75. The van der Waals surface area contributed by atoms with E-state index in [0.717, 1.165) is 24.7 Å². The Balaban J connectivity index is 2.41. The second-order valence-corrected chi connectivity index (χ2v) is 7.46. The molecule has 0 fully saturated rings. The van der Waals surface area contributed by atoms with E-state index >= 15 is 0 Å². The molecule has 100 valence electrons. The third-order valence-electron chi connectivity index (χ3n) is 2.70. The van der Waals surface area contributed by atoms with Crippen LogP contribution in [0.4, 0.5) is 0 Å². The molecule has 2 rings (SSSR count). The van der Waals surface area contributed by atoms with E-state index in [4.69, 9.17) is 4.74 Å². The number of ether oxygens (including phenoxy) is 1. The Morgan fingerprint density at radius 1 is 0.947 bits per heavy atom. The molecule has 0 aromatic heterocycles. The van der Waals surface area contributed by atoms with Crippen LogP contribution in [-0.2, 0) is 0 Å². The van der Waals surface area contributed by atoms with Gasteiger partial charge in [0.1, 0.15) is 5.75 Å². The molecule has 1 unspecified atom stereocenters. The number of rotatable bonds is 3. The van der Waals surface area contributed by atoms with Gasteiger partial charge in [-0.15, -0.1) is 0 Å². The summed E-state index contributed by atoms with van der Waals surface area (Å²) in [6, 6.07) is 12.2.